The Bertz CT molecular complexity index is 388. The number of ether oxygens (including phenoxy) is 2. The number of hydrogen-bond donors (Lipinski definition) is 0. The Hall–Kier alpha value is -0.700. The van der Waals surface area contributed by atoms with E-state index in [4.69, 9.17) is 9.47 Å². The zero-order valence-electron chi connectivity index (χ0n) is 10.6. The first-order chi connectivity index (χ1) is 8.17. The monoisotopic (exact) mass is 298 g/mol. The molecule has 0 bridgehead atoms. The molecule has 0 N–H and O–H groups in total. The lowest BCUT2D eigenvalue weighted by Crippen LogP contribution is -2.07. The highest BCUT2D eigenvalue weighted by atomic mass is 79.9. The van der Waals surface area contributed by atoms with Crippen LogP contribution in [0.15, 0.2) is 18.2 Å². The lowest BCUT2D eigenvalue weighted by molar-refractivity contribution is 0.386. The van der Waals surface area contributed by atoms with Gasteiger partial charge in [0.1, 0.15) is 11.5 Å². The van der Waals surface area contributed by atoms with Crippen LogP contribution in [0.2, 0.25) is 0 Å². The van der Waals surface area contributed by atoms with E-state index in [1.807, 2.05) is 12.1 Å². The first-order valence-corrected chi connectivity index (χ1v) is 6.95. The number of alkyl halides is 1. The van der Waals surface area contributed by atoms with E-state index < -0.39 is 0 Å². The van der Waals surface area contributed by atoms with Crippen LogP contribution in [0.1, 0.15) is 30.2 Å². The summed E-state index contributed by atoms with van der Waals surface area (Å²) >= 11 is 3.81. The van der Waals surface area contributed by atoms with Crippen LogP contribution in [0.25, 0.3) is 0 Å². The molecule has 2 atom stereocenters. The van der Waals surface area contributed by atoms with Crippen LogP contribution >= 0.6 is 15.9 Å². The van der Waals surface area contributed by atoms with Gasteiger partial charge in [-0.05, 0) is 30.7 Å². The maximum absolute atomic E-state index is 5.45. The van der Waals surface area contributed by atoms with Crippen LogP contribution in [0.3, 0.4) is 0 Å². The molecule has 1 aliphatic rings. The Morgan fingerprint density at radius 1 is 1.24 bits per heavy atom. The summed E-state index contributed by atoms with van der Waals surface area (Å²) < 4.78 is 10.7. The Morgan fingerprint density at radius 2 is 1.94 bits per heavy atom. The maximum atomic E-state index is 5.45. The minimum atomic E-state index is 0.357. The lowest BCUT2D eigenvalue weighted by Gasteiger charge is -2.21. The summed E-state index contributed by atoms with van der Waals surface area (Å²) in [6.07, 6.45) is 2.73. The smallest absolute Gasteiger partial charge is 0.126 e. The van der Waals surface area contributed by atoms with E-state index in [2.05, 4.69) is 28.9 Å². The Morgan fingerprint density at radius 3 is 2.47 bits per heavy atom. The molecular weight excluding hydrogens is 280 g/mol. The van der Waals surface area contributed by atoms with Crippen LogP contribution in [0.5, 0.6) is 11.5 Å². The van der Waals surface area contributed by atoms with Gasteiger partial charge in [0, 0.05) is 16.5 Å². The highest BCUT2D eigenvalue weighted by Crippen LogP contribution is 2.48. The molecule has 2 nitrogen and oxygen atoms in total. The fourth-order valence-corrected chi connectivity index (χ4v) is 3.00. The average molecular weight is 299 g/mol. The summed E-state index contributed by atoms with van der Waals surface area (Å²) in [5.41, 5.74) is 1.22. The van der Waals surface area contributed by atoms with Gasteiger partial charge in [0.15, 0.2) is 0 Å². The number of benzene rings is 1. The number of methoxy groups -OCH3 is 2. The first kappa shape index (κ1) is 12.7. The summed E-state index contributed by atoms with van der Waals surface area (Å²) in [5, 5.41) is 0. The van der Waals surface area contributed by atoms with Gasteiger partial charge in [-0.1, -0.05) is 28.9 Å². The summed E-state index contributed by atoms with van der Waals surface area (Å²) in [5.74, 6) is 3.26. The molecule has 3 heteroatoms. The van der Waals surface area contributed by atoms with E-state index in [-0.39, 0.29) is 0 Å². The predicted octanol–water partition coefficient (Wildman–Crippen LogP) is 4.19. The molecule has 0 aromatic heterocycles. The van der Waals surface area contributed by atoms with Crippen molar-refractivity contribution >= 4 is 15.9 Å². The Labute approximate surface area is 111 Å². The molecule has 2 unspecified atom stereocenters. The molecule has 0 saturated heterocycles. The molecule has 1 aliphatic carbocycles. The van der Waals surface area contributed by atoms with Crippen LogP contribution < -0.4 is 9.47 Å². The second kappa shape index (κ2) is 5.30. The van der Waals surface area contributed by atoms with E-state index in [1.54, 1.807) is 14.2 Å². The molecule has 0 radical (unpaired) electrons. The summed E-state index contributed by atoms with van der Waals surface area (Å²) in [4.78, 5) is 0.357. The van der Waals surface area contributed by atoms with E-state index in [9.17, 15) is 0 Å². The van der Waals surface area contributed by atoms with Crippen LogP contribution in [-0.4, -0.2) is 14.2 Å². The van der Waals surface area contributed by atoms with Crippen molar-refractivity contribution in [1.82, 2.24) is 0 Å². The van der Waals surface area contributed by atoms with E-state index in [0.717, 1.165) is 17.4 Å². The molecule has 1 aromatic carbocycles. The van der Waals surface area contributed by atoms with Crippen LogP contribution in [0, 0.1) is 11.8 Å². The van der Waals surface area contributed by atoms with Gasteiger partial charge in [-0.25, -0.2) is 0 Å². The van der Waals surface area contributed by atoms with E-state index in [1.165, 1.54) is 18.4 Å². The molecule has 0 aliphatic heterocycles. The fraction of sp³-hybridized carbons (Fsp3) is 0.571. The summed E-state index contributed by atoms with van der Waals surface area (Å²) in [7, 11) is 3.38. The van der Waals surface area contributed by atoms with Crippen molar-refractivity contribution in [2.24, 2.45) is 11.8 Å². The average Bonchev–Trinajstić information content (AvgIpc) is 3.20. The van der Waals surface area contributed by atoms with Crippen molar-refractivity contribution in [2.75, 3.05) is 14.2 Å². The van der Waals surface area contributed by atoms with Crippen LogP contribution in [0.4, 0.5) is 0 Å². The van der Waals surface area contributed by atoms with Crippen molar-refractivity contribution in [3.8, 4) is 11.5 Å². The van der Waals surface area contributed by atoms with Crippen molar-refractivity contribution in [3.63, 3.8) is 0 Å². The fourth-order valence-electron chi connectivity index (χ4n) is 2.19. The summed E-state index contributed by atoms with van der Waals surface area (Å²) in [6.45, 7) is 2.31. The molecule has 1 fully saturated rings. The summed E-state index contributed by atoms with van der Waals surface area (Å²) in [6, 6.07) is 6.03. The molecular formula is C14H19BrO2. The quantitative estimate of drug-likeness (QED) is 0.759. The maximum Gasteiger partial charge on any atom is 0.126 e. The van der Waals surface area contributed by atoms with Gasteiger partial charge in [-0.15, -0.1) is 0 Å². The van der Waals surface area contributed by atoms with Gasteiger partial charge < -0.3 is 9.47 Å². The van der Waals surface area contributed by atoms with Gasteiger partial charge in [-0.3, -0.25) is 0 Å². The minimum Gasteiger partial charge on any atom is -0.497 e. The van der Waals surface area contributed by atoms with Gasteiger partial charge in [0.05, 0.1) is 14.2 Å². The van der Waals surface area contributed by atoms with E-state index in [0.29, 0.717) is 10.7 Å². The second-order valence-corrected chi connectivity index (χ2v) is 5.69. The van der Waals surface area contributed by atoms with Gasteiger partial charge in [-0.2, -0.15) is 0 Å². The Kier molecular flexibility index (Phi) is 3.97. The molecule has 2 rings (SSSR count). The van der Waals surface area contributed by atoms with Crippen molar-refractivity contribution in [2.45, 2.75) is 24.6 Å². The minimum absolute atomic E-state index is 0.357. The SMILES string of the molecule is COc1ccc(C(Br)C(C)C2CC2)c(OC)c1. The standard InChI is InChI=1S/C14H19BrO2/c1-9(10-4-5-10)14(15)12-7-6-11(16-2)8-13(12)17-3/h6-10,14H,4-5H2,1-3H3. The van der Waals surface area contributed by atoms with Crippen molar-refractivity contribution in [1.29, 1.82) is 0 Å². The molecule has 17 heavy (non-hydrogen) atoms. The zero-order valence-corrected chi connectivity index (χ0v) is 12.2. The van der Waals surface area contributed by atoms with Crippen molar-refractivity contribution in [3.05, 3.63) is 23.8 Å². The second-order valence-electron chi connectivity index (χ2n) is 4.71. The molecule has 1 aromatic rings. The van der Waals surface area contributed by atoms with Gasteiger partial charge in [0.25, 0.3) is 0 Å². The first-order valence-electron chi connectivity index (χ1n) is 6.03. The number of halogens is 1. The van der Waals surface area contributed by atoms with Gasteiger partial charge in [0.2, 0.25) is 0 Å². The largest absolute Gasteiger partial charge is 0.497 e. The molecule has 1 saturated carbocycles. The lowest BCUT2D eigenvalue weighted by atomic mass is 9.96. The molecule has 0 amide bonds. The molecule has 94 valence electrons. The van der Waals surface area contributed by atoms with Crippen molar-refractivity contribution < 1.29 is 9.47 Å². The third kappa shape index (κ3) is 2.76. The predicted molar refractivity (Wildman–Crippen MR) is 73.1 cm³/mol. The number of hydrogen-bond acceptors (Lipinski definition) is 2. The topological polar surface area (TPSA) is 18.5 Å². The highest BCUT2D eigenvalue weighted by molar-refractivity contribution is 9.09. The Balaban J connectivity index is 2.23. The third-order valence-electron chi connectivity index (χ3n) is 3.56. The zero-order chi connectivity index (χ0) is 12.4. The molecule has 0 spiro atoms. The normalized spacial score (nSPS) is 18.6. The van der Waals surface area contributed by atoms with Crippen LogP contribution in [-0.2, 0) is 0 Å². The molecule has 0 heterocycles. The number of rotatable bonds is 5. The van der Waals surface area contributed by atoms with E-state index >= 15 is 0 Å². The van der Waals surface area contributed by atoms with Gasteiger partial charge >= 0.3 is 0 Å². The highest BCUT2D eigenvalue weighted by Gasteiger charge is 2.33. The third-order valence-corrected chi connectivity index (χ3v) is 4.89.